The van der Waals surface area contributed by atoms with Gasteiger partial charge in [-0.1, -0.05) is 6.07 Å². The molecule has 1 amide bonds. The van der Waals surface area contributed by atoms with Gasteiger partial charge in [-0.05, 0) is 24.6 Å². The van der Waals surface area contributed by atoms with Crippen molar-refractivity contribution >= 4 is 33.3 Å². The highest BCUT2D eigenvalue weighted by Gasteiger charge is 2.23. The number of carboxylic acid groups (broad SMARTS) is 1. The molecular weight excluding hydrogens is 297 g/mol. The van der Waals surface area contributed by atoms with Gasteiger partial charge >= 0.3 is 5.97 Å². The summed E-state index contributed by atoms with van der Waals surface area (Å²) in [5.74, 6) is -2.21. The molecule has 0 unspecified atom stereocenters. The Bertz CT molecular complexity index is 698. The van der Waals surface area contributed by atoms with Crippen molar-refractivity contribution in [2.75, 3.05) is 6.61 Å². The third-order valence-electron chi connectivity index (χ3n) is 3.13. The zero-order chi connectivity index (χ0) is 15.6. The zero-order valence-electron chi connectivity index (χ0n) is 11.2. The van der Waals surface area contributed by atoms with E-state index in [0.717, 1.165) is 11.3 Å². The number of hydrogen-bond donors (Lipinski definition) is 3. The van der Waals surface area contributed by atoms with Crippen LogP contribution in [0.15, 0.2) is 18.2 Å². The maximum absolute atomic E-state index is 13.8. The number of aliphatic hydroxyl groups is 1. The lowest BCUT2D eigenvalue weighted by Crippen LogP contribution is -2.41. The van der Waals surface area contributed by atoms with Crippen molar-refractivity contribution in [3.05, 3.63) is 34.5 Å². The minimum Gasteiger partial charge on any atom is -0.480 e. The van der Waals surface area contributed by atoms with Gasteiger partial charge in [-0.2, -0.15) is 0 Å². The molecule has 2 rings (SSSR count). The fraction of sp³-hybridized carbons (Fsp3) is 0.286. The highest BCUT2D eigenvalue weighted by Crippen LogP contribution is 2.32. The SMILES string of the molecule is Cc1c(C(=O)N[C@H](CCO)C(=O)O)sc2cccc(F)c12. The van der Waals surface area contributed by atoms with Crippen LogP contribution < -0.4 is 5.32 Å². The van der Waals surface area contributed by atoms with Crippen molar-refractivity contribution in [3.8, 4) is 0 Å². The predicted molar refractivity (Wildman–Crippen MR) is 77.1 cm³/mol. The molecule has 0 radical (unpaired) electrons. The third kappa shape index (κ3) is 3.03. The van der Waals surface area contributed by atoms with Crippen LogP contribution in [0.1, 0.15) is 21.7 Å². The summed E-state index contributed by atoms with van der Waals surface area (Å²) >= 11 is 1.11. The summed E-state index contributed by atoms with van der Waals surface area (Å²) in [6.07, 6.45) is -0.0840. The summed E-state index contributed by atoms with van der Waals surface area (Å²) in [7, 11) is 0. The number of thiophene rings is 1. The van der Waals surface area contributed by atoms with E-state index in [1.165, 1.54) is 6.07 Å². The molecule has 1 aromatic heterocycles. The molecule has 112 valence electrons. The Morgan fingerprint density at radius 3 is 2.71 bits per heavy atom. The Labute approximate surface area is 124 Å². The van der Waals surface area contributed by atoms with E-state index < -0.39 is 23.7 Å². The summed E-state index contributed by atoms with van der Waals surface area (Å²) in [6, 6.07) is 3.41. The van der Waals surface area contributed by atoms with Gasteiger partial charge in [-0.25, -0.2) is 9.18 Å². The van der Waals surface area contributed by atoms with Crippen molar-refractivity contribution in [2.45, 2.75) is 19.4 Å². The number of carboxylic acids is 1. The van der Waals surface area contributed by atoms with Crippen molar-refractivity contribution < 1.29 is 24.2 Å². The van der Waals surface area contributed by atoms with E-state index >= 15 is 0 Å². The van der Waals surface area contributed by atoms with Crippen molar-refractivity contribution in [1.82, 2.24) is 5.32 Å². The Hall–Kier alpha value is -1.99. The molecular formula is C14H14FNO4S. The van der Waals surface area contributed by atoms with Gasteiger partial charge in [-0.15, -0.1) is 11.3 Å². The van der Waals surface area contributed by atoms with E-state index in [1.807, 2.05) is 0 Å². The van der Waals surface area contributed by atoms with Crippen molar-refractivity contribution in [2.24, 2.45) is 0 Å². The number of aliphatic carboxylic acids is 1. The summed E-state index contributed by atoms with van der Waals surface area (Å²) in [5.41, 5.74) is 0.485. The molecule has 5 nitrogen and oxygen atoms in total. The van der Waals surface area contributed by atoms with E-state index in [4.69, 9.17) is 10.2 Å². The van der Waals surface area contributed by atoms with Crippen molar-refractivity contribution in [1.29, 1.82) is 0 Å². The normalized spacial score (nSPS) is 12.3. The zero-order valence-corrected chi connectivity index (χ0v) is 12.0. The molecule has 0 aliphatic heterocycles. The molecule has 0 fully saturated rings. The second-order valence-corrected chi connectivity index (χ2v) is 5.60. The number of rotatable bonds is 5. The number of nitrogens with one attached hydrogen (secondary N) is 1. The topological polar surface area (TPSA) is 86.6 Å². The number of fused-ring (bicyclic) bond motifs is 1. The Morgan fingerprint density at radius 1 is 1.43 bits per heavy atom. The Kier molecular flexibility index (Phi) is 4.54. The van der Waals surface area contributed by atoms with Crippen LogP contribution in [0, 0.1) is 12.7 Å². The summed E-state index contributed by atoms with van der Waals surface area (Å²) < 4.78 is 14.4. The van der Waals surface area contributed by atoms with Crippen LogP contribution in [-0.2, 0) is 4.79 Å². The van der Waals surface area contributed by atoms with Crippen LogP contribution in [0.25, 0.3) is 10.1 Å². The second kappa shape index (κ2) is 6.19. The van der Waals surface area contributed by atoms with Gasteiger partial charge in [0.25, 0.3) is 5.91 Å². The lowest BCUT2D eigenvalue weighted by molar-refractivity contribution is -0.139. The summed E-state index contributed by atoms with van der Waals surface area (Å²) in [4.78, 5) is 23.4. The van der Waals surface area contributed by atoms with Crippen LogP contribution >= 0.6 is 11.3 Å². The van der Waals surface area contributed by atoms with Gasteiger partial charge in [0.1, 0.15) is 11.9 Å². The molecule has 0 saturated carbocycles. The predicted octanol–water partition coefficient (Wildman–Crippen LogP) is 1.91. The minimum absolute atomic E-state index is 0.0840. The van der Waals surface area contributed by atoms with Crippen LogP contribution in [0.3, 0.4) is 0 Å². The van der Waals surface area contributed by atoms with E-state index in [0.29, 0.717) is 15.6 Å². The number of carbonyl (C=O) groups excluding carboxylic acids is 1. The fourth-order valence-electron chi connectivity index (χ4n) is 2.08. The molecule has 0 aliphatic carbocycles. The van der Waals surface area contributed by atoms with Gasteiger partial charge in [-0.3, -0.25) is 4.79 Å². The number of aliphatic hydroxyl groups excluding tert-OH is 1. The first-order valence-corrected chi connectivity index (χ1v) is 7.09. The number of benzene rings is 1. The molecule has 7 heteroatoms. The van der Waals surface area contributed by atoms with Crippen molar-refractivity contribution in [3.63, 3.8) is 0 Å². The standard InChI is InChI=1S/C14H14FNO4S/c1-7-11-8(15)3-2-4-10(11)21-12(7)13(18)16-9(5-6-17)14(19)20/h2-4,9,17H,5-6H2,1H3,(H,16,18)(H,19,20)/t9-/m1/s1. The monoisotopic (exact) mass is 311 g/mol. The first-order valence-electron chi connectivity index (χ1n) is 6.27. The van der Waals surface area contributed by atoms with Gasteiger partial charge in [0, 0.05) is 23.1 Å². The lowest BCUT2D eigenvalue weighted by Gasteiger charge is -2.12. The molecule has 3 N–H and O–H groups in total. The first-order chi connectivity index (χ1) is 9.95. The van der Waals surface area contributed by atoms with Gasteiger partial charge in [0.05, 0.1) is 4.88 Å². The van der Waals surface area contributed by atoms with Crippen LogP contribution in [-0.4, -0.2) is 34.7 Å². The van der Waals surface area contributed by atoms with E-state index in [1.54, 1.807) is 19.1 Å². The fourth-order valence-corrected chi connectivity index (χ4v) is 3.21. The molecule has 0 spiro atoms. The number of halogens is 1. The number of carbonyl (C=O) groups is 2. The average Bonchev–Trinajstić information content (AvgIpc) is 2.77. The molecule has 0 bridgehead atoms. The molecule has 1 atom stereocenters. The Balaban J connectivity index is 2.33. The minimum atomic E-state index is -1.22. The van der Waals surface area contributed by atoms with Crippen LogP contribution in [0.4, 0.5) is 4.39 Å². The van der Waals surface area contributed by atoms with E-state index in [2.05, 4.69) is 5.32 Å². The van der Waals surface area contributed by atoms with Gasteiger partial charge in [0.15, 0.2) is 0 Å². The lowest BCUT2D eigenvalue weighted by atomic mass is 10.1. The van der Waals surface area contributed by atoms with E-state index in [9.17, 15) is 14.0 Å². The maximum Gasteiger partial charge on any atom is 0.326 e. The van der Waals surface area contributed by atoms with E-state index in [-0.39, 0.29) is 17.9 Å². The summed E-state index contributed by atoms with van der Waals surface area (Å²) in [5, 5.41) is 20.5. The number of aryl methyl sites for hydroxylation is 1. The molecule has 1 heterocycles. The molecule has 21 heavy (non-hydrogen) atoms. The third-order valence-corrected chi connectivity index (χ3v) is 4.39. The number of amides is 1. The number of hydrogen-bond acceptors (Lipinski definition) is 4. The smallest absolute Gasteiger partial charge is 0.326 e. The highest BCUT2D eigenvalue weighted by atomic mass is 32.1. The maximum atomic E-state index is 13.8. The molecule has 1 aromatic carbocycles. The molecule has 0 aliphatic rings. The van der Waals surface area contributed by atoms with Gasteiger partial charge in [0.2, 0.25) is 0 Å². The quantitative estimate of drug-likeness (QED) is 0.787. The second-order valence-electron chi connectivity index (χ2n) is 4.55. The van der Waals surface area contributed by atoms with Crippen LogP contribution in [0.2, 0.25) is 0 Å². The average molecular weight is 311 g/mol. The van der Waals surface area contributed by atoms with Gasteiger partial charge < -0.3 is 15.5 Å². The first kappa shape index (κ1) is 15.4. The summed E-state index contributed by atoms with van der Waals surface area (Å²) in [6.45, 7) is 1.27. The van der Waals surface area contributed by atoms with Crippen LogP contribution in [0.5, 0.6) is 0 Å². The highest BCUT2D eigenvalue weighted by molar-refractivity contribution is 7.21. The molecule has 2 aromatic rings. The largest absolute Gasteiger partial charge is 0.480 e. The molecule has 0 saturated heterocycles. The Morgan fingerprint density at radius 2 is 2.14 bits per heavy atom.